The lowest BCUT2D eigenvalue weighted by atomic mass is 9.93. The lowest BCUT2D eigenvalue weighted by Gasteiger charge is -2.16. The number of H-pyrrole nitrogens is 1. The number of hydrogen-bond acceptors (Lipinski definition) is 12. The number of phenols is 4. The number of fused-ring (bicyclic) bond motifs is 1. The topological polar surface area (TPSA) is 229 Å². The molecule has 1 aliphatic rings. The summed E-state index contributed by atoms with van der Waals surface area (Å²) in [5.41, 5.74) is 21.2. The Morgan fingerprint density at radius 2 is 0.650 bits per heavy atom. The van der Waals surface area contributed by atoms with Crippen LogP contribution in [0.2, 0.25) is 0 Å². The van der Waals surface area contributed by atoms with E-state index < -0.39 is 17.6 Å². The quantitative estimate of drug-likeness (QED) is 0.0314. The van der Waals surface area contributed by atoms with Gasteiger partial charge in [0.15, 0.2) is 5.76 Å². The molecule has 14 aromatic rings. The molecular weight excluding hydrogens is 1290 g/mol. The van der Waals surface area contributed by atoms with Crippen LogP contribution in [0.3, 0.4) is 0 Å². The summed E-state index contributed by atoms with van der Waals surface area (Å²) in [5, 5.41) is 49.4. The zero-order valence-corrected chi connectivity index (χ0v) is 56.1. The van der Waals surface area contributed by atoms with E-state index in [1.165, 1.54) is 5.56 Å². The number of rotatable bonds is 18. The summed E-state index contributed by atoms with van der Waals surface area (Å²) in [6.07, 6.45) is 3.33. The van der Waals surface area contributed by atoms with Gasteiger partial charge in [-0.25, -0.2) is 10.7 Å². The van der Waals surface area contributed by atoms with Gasteiger partial charge in [0, 0.05) is 12.2 Å². The zero-order chi connectivity index (χ0) is 71.4. The Balaban J connectivity index is 0.000000131. The molecule has 2 heterocycles. The zero-order valence-electron chi connectivity index (χ0n) is 56.1. The van der Waals surface area contributed by atoms with Crippen LogP contribution in [0.15, 0.2) is 331 Å². The first-order chi connectivity index (χ1) is 50.4. The third-order valence-electron chi connectivity index (χ3n) is 17.4. The molecule has 0 aliphatic carbocycles. The average molecular weight is 1360 g/mol. The van der Waals surface area contributed by atoms with Crippen LogP contribution < -0.4 is 11.7 Å². The van der Waals surface area contributed by atoms with Crippen LogP contribution >= 0.6 is 0 Å². The standard InChI is InChI=1S/C28H21NO4.C21H15NO3.C20H19NO2.C20H18O2/c30-23-10-6-9-21(18-23)24-14-13-20(19-7-2-1-3-8-19)17-22(24)15-16-33-29-27(31)25-11-4-5-12-26(25)28(29)32;23-17-8-4-7-16(11-17)18-10-9-15(14-5-2-1-3-6-14)12-19(18)20-13-22-21(24)25-20;21-23-12-11-18-13-16(15-5-2-1-3-6-15)9-10-20(18)17-7-4-8-19(22)14-17;21-12-11-18-13-16(15-5-2-1-3-6-15)9-10-20(18)17-7-4-8-19(22)14-17/h1-14,17-18,30H,15-16H2;1-13,23H,(H,22,24);1-10,13-14,22H,11-12,21H2;1-10,13-14,21-22H,11-12H2. The van der Waals surface area contributed by atoms with E-state index in [-0.39, 0.29) is 36.2 Å². The molecule has 0 saturated heterocycles. The van der Waals surface area contributed by atoms with Crippen molar-refractivity contribution in [3.8, 4) is 123 Å². The molecule has 2 amide bonds. The predicted octanol–water partition coefficient (Wildman–Crippen LogP) is 18.6. The third kappa shape index (κ3) is 17.6. The number of benzene rings is 13. The van der Waals surface area contributed by atoms with E-state index in [1.54, 1.807) is 91.1 Å². The number of carbonyl (C=O) groups excluding carboxylic acids is 2. The lowest BCUT2D eigenvalue weighted by molar-refractivity contribution is -0.0901. The van der Waals surface area contributed by atoms with Crippen LogP contribution in [0.25, 0.3) is 100 Å². The highest BCUT2D eigenvalue weighted by Gasteiger charge is 2.36. The Bertz CT molecular complexity index is 5240. The van der Waals surface area contributed by atoms with Gasteiger partial charge in [0.2, 0.25) is 0 Å². The second-order valence-electron chi connectivity index (χ2n) is 24.2. The number of aliphatic hydroxyl groups is 1. The minimum absolute atomic E-state index is 0.101. The van der Waals surface area contributed by atoms with Crippen molar-refractivity contribution in [1.82, 2.24) is 10.0 Å². The van der Waals surface area contributed by atoms with Gasteiger partial charge in [-0.15, -0.1) is 5.06 Å². The number of aromatic nitrogens is 1. The van der Waals surface area contributed by atoms with E-state index >= 15 is 0 Å². The van der Waals surface area contributed by atoms with Crippen molar-refractivity contribution in [1.29, 1.82) is 0 Å². The van der Waals surface area contributed by atoms with E-state index in [2.05, 4.69) is 71.7 Å². The normalized spacial score (nSPS) is 11.3. The molecule has 0 saturated carbocycles. The molecule has 15 rings (SSSR count). The van der Waals surface area contributed by atoms with Gasteiger partial charge in [-0.05, 0) is 192 Å². The van der Waals surface area contributed by atoms with Crippen LogP contribution in [-0.2, 0) is 28.9 Å². The second kappa shape index (κ2) is 33.7. The summed E-state index contributed by atoms with van der Waals surface area (Å²) >= 11 is 0. The number of carbonyl (C=O) groups is 2. The van der Waals surface area contributed by atoms with Gasteiger partial charge in [0.05, 0.1) is 30.5 Å². The summed E-state index contributed by atoms with van der Waals surface area (Å²) < 4.78 is 5.28. The minimum Gasteiger partial charge on any atom is -0.508 e. The molecule has 13 aromatic carbocycles. The number of nitrogens with two attached hydrogens (primary N) is 1. The smallest absolute Gasteiger partial charge is 0.416 e. The second-order valence-corrected chi connectivity index (χ2v) is 24.2. The van der Waals surface area contributed by atoms with Crippen LogP contribution in [0.5, 0.6) is 23.0 Å². The molecule has 0 unspecified atom stereocenters. The van der Waals surface area contributed by atoms with Gasteiger partial charge >= 0.3 is 5.76 Å². The summed E-state index contributed by atoms with van der Waals surface area (Å²) in [7, 11) is 0. The maximum Gasteiger partial charge on any atom is 0.416 e. The molecule has 14 heteroatoms. The number of aromatic hydroxyl groups is 4. The number of hydrogen-bond donors (Lipinski definition) is 7. The van der Waals surface area contributed by atoms with Crippen molar-refractivity contribution in [3.05, 3.63) is 360 Å². The Kier molecular flexibility index (Phi) is 22.9. The number of oxazole rings is 1. The van der Waals surface area contributed by atoms with Crippen molar-refractivity contribution < 1.29 is 49.2 Å². The summed E-state index contributed by atoms with van der Waals surface area (Å²) in [6.45, 7) is 0.698. The van der Waals surface area contributed by atoms with Crippen LogP contribution in [-0.4, -0.2) is 67.2 Å². The average Bonchev–Trinajstić information content (AvgIpc) is 1.74. The largest absolute Gasteiger partial charge is 0.508 e. The number of phenolic OH excluding ortho intramolecular Hbond substituents is 4. The first kappa shape index (κ1) is 69.9. The molecule has 1 aromatic heterocycles. The Labute approximate surface area is 596 Å². The van der Waals surface area contributed by atoms with Crippen molar-refractivity contribution in [2.45, 2.75) is 19.3 Å². The fourth-order valence-electron chi connectivity index (χ4n) is 12.4. The maximum atomic E-state index is 12.6. The molecule has 0 radical (unpaired) electrons. The van der Waals surface area contributed by atoms with E-state index in [0.717, 1.165) is 111 Å². The molecule has 103 heavy (non-hydrogen) atoms. The Morgan fingerprint density at radius 3 is 1.00 bits per heavy atom. The molecule has 0 fully saturated rings. The molecule has 14 nitrogen and oxygen atoms in total. The van der Waals surface area contributed by atoms with Gasteiger partial charge in [0.25, 0.3) is 11.8 Å². The fraction of sp³-hybridized carbons (Fsp3) is 0.0674. The van der Waals surface area contributed by atoms with Crippen molar-refractivity contribution in [2.24, 2.45) is 5.90 Å². The maximum absolute atomic E-state index is 12.6. The van der Waals surface area contributed by atoms with Gasteiger partial charge in [-0.2, -0.15) is 0 Å². The number of amides is 2. The van der Waals surface area contributed by atoms with Crippen LogP contribution in [0.4, 0.5) is 0 Å². The van der Waals surface area contributed by atoms with E-state index in [4.69, 9.17) is 20.0 Å². The highest BCUT2D eigenvalue weighted by Crippen LogP contribution is 2.38. The Morgan fingerprint density at radius 1 is 0.320 bits per heavy atom. The van der Waals surface area contributed by atoms with E-state index in [1.807, 2.05) is 164 Å². The van der Waals surface area contributed by atoms with Crippen molar-refractivity contribution >= 4 is 11.8 Å². The highest BCUT2D eigenvalue weighted by molar-refractivity contribution is 6.20. The van der Waals surface area contributed by atoms with E-state index in [9.17, 15) is 39.9 Å². The lowest BCUT2D eigenvalue weighted by Crippen LogP contribution is -2.30. The van der Waals surface area contributed by atoms with Crippen molar-refractivity contribution in [2.75, 3.05) is 19.8 Å². The van der Waals surface area contributed by atoms with Crippen LogP contribution in [0, 0.1) is 0 Å². The summed E-state index contributed by atoms with van der Waals surface area (Å²) in [5.74, 6) is 5.16. The number of nitrogens with zero attached hydrogens (tertiary/aromatic N) is 1. The molecule has 8 N–H and O–H groups in total. The molecule has 0 bridgehead atoms. The number of aromatic amines is 1. The Hall–Kier alpha value is -13.0. The first-order valence-corrected chi connectivity index (χ1v) is 33.5. The SMILES string of the molecule is NOCCc1cc(-c2ccccc2)ccc1-c1cccc(O)c1.O=C1c2ccccc2C(=O)N1OCCc1cc(-c2ccccc2)ccc1-c1cccc(O)c1.O=c1[nH]cc(-c2cc(-c3ccccc3)ccc2-c2cccc(O)c2)o1.OCCc1cc(-c2ccccc2)ccc1-c1cccc(O)c1. The predicted molar refractivity (Wildman–Crippen MR) is 405 cm³/mol. The van der Waals surface area contributed by atoms with Gasteiger partial charge in [-0.1, -0.05) is 249 Å². The van der Waals surface area contributed by atoms with Crippen LogP contribution in [0.1, 0.15) is 37.4 Å². The molecule has 510 valence electrons. The number of imide groups is 1. The number of aliphatic hydroxyl groups excluding tert-OH is 1. The highest BCUT2D eigenvalue weighted by atomic mass is 16.7. The van der Waals surface area contributed by atoms with Gasteiger partial charge in [0.1, 0.15) is 23.0 Å². The third-order valence-corrected chi connectivity index (χ3v) is 17.4. The fourth-order valence-corrected chi connectivity index (χ4v) is 12.4. The monoisotopic (exact) mass is 1360 g/mol. The molecule has 0 spiro atoms. The molecular formula is C89H73N3O11. The molecule has 0 atom stereocenters. The summed E-state index contributed by atoms with van der Waals surface area (Å²) in [4.78, 5) is 49.6. The summed E-state index contributed by atoms with van der Waals surface area (Å²) in [6, 6.07) is 100. The number of hydroxylamine groups is 2. The first-order valence-electron chi connectivity index (χ1n) is 33.5. The number of nitrogens with one attached hydrogen (secondary N) is 1. The van der Waals surface area contributed by atoms with Crippen molar-refractivity contribution in [3.63, 3.8) is 0 Å². The molecule has 1 aliphatic heterocycles. The van der Waals surface area contributed by atoms with Gasteiger partial charge in [-0.3, -0.25) is 19.4 Å². The minimum atomic E-state index is -0.498. The van der Waals surface area contributed by atoms with Gasteiger partial charge < -0.3 is 34.8 Å². The van der Waals surface area contributed by atoms with E-state index in [0.29, 0.717) is 42.8 Å².